The Morgan fingerprint density at radius 2 is 2.09 bits per heavy atom. The molecule has 9 heteroatoms. The van der Waals surface area contributed by atoms with E-state index in [0.29, 0.717) is 11.5 Å². The highest BCUT2D eigenvalue weighted by Gasteiger charge is 2.14. The average Bonchev–Trinajstić information content (AvgIpc) is 3.00. The van der Waals surface area contributed by atoms with Crippen molar-refractivity contribution < 1.29 is 4.79 Å². The molecule has 0 bridgehead atoms. The van der Waals surface area contributed by atoms with E-state index >= 15 is 0 Å². The van der Waals surface area contributed by atoms with Gasteiger partial charge in [0.25, 0.3) is 0 Å². The van der Waals surface area contributed by atoms with Gasteiger partial charge in [-0.05, 0) is 38.1 Å². The van der Waals surface area contributed by atoms with Gasteiger partial charge in [-0.1, -0.05) is 0 Å². The van der Waals surface area contributed by atoms with Crippen molar-refractivity contribution in [2.45, 2.75) is 39.5 Å². The van der Waals surface area contributed by atoms with E-state index in [1.54, 1.807) is 9.36 Å². The highest BCUT2D eigenvalue weighted by molar-refractivity contribution is 7.99. The normalized spacial score (nSPS) is 11.2. The number of carbonyl (C=O) groups is 1. The van der Waals surface area contributed by atoms with Crippen LogP contribution in [0.15, 0.2) is 0 Å². The third-order valence-electron chi connectivity index (χ3n) is 3.29. The van der Waals surface area contributed by atoms with Crippen molar-refractivity contribution in [1.82, 2.24) is 30.0 Å². The third kappa shape index (κ3) is 3.65. The lowest BCUT2D eigenvalue weighted by Crippen LogP contribution is -2.16. The first kappa shape index (κ1) is 16.5. The number of nitrogens with one attached hydrogen (secondary N) is 1. The number of tetrazole rings is 1. The van der Waals surface area contributed by atoms with Gasteiger partial charge in [-0.3, -0.25) is 9.48 Å². The van der Waals surface area contributed by atoms with Gasteiger partial charge in [-0.15, -0.1) is 16.9 Å². The van der Waals surface area contributed by atoms with Crippen molar-refractivity contribution in [3.05, 3.63) is 17.2 Å². The Morgan fingerprint density at radius 1 is 1.36 bits per heavy atom. The largest absolute Gasteiger partial charge is 0.322 e. The van der Waals surface area contributed by atoms with Crippen LogP contribution in [0.2, 0.25) is 0 Å². The maximum atomic E-state index is 12.0. The van der Waals surface area contributed by atoms with Gasteiger partial charge in [0.1, 0.15) is 0 Å². The van der Waals surface area contributed by atoms with Crippen LogP contribution in [0, 0.1) is 13.8 Å². The summed E-state index contributed by atoms with van der Waals surface area (Å²) in [7, 11) is 1.86. The molecule has 0 saturated heterocycles. The van der Waals surface area contributed by atoms with Crippen LogP contribution >= 0.6 is 11.8 Å². The highest BCUT2D eigenvalue weighted by Crippen LogP contribution is 2.19. The Labute approximate surface area is 133 Å². The van der Waals surface area contributed by atoms with E-state index < -0.39 is 0 Å². The molecule has 2 rings (SSSR count). The monoisotopic (exact) mass is 323 g/mol. The average molecular weight is 323 g/mol. The van der Waals surface area contributed by atoms with E-state index in [9.17, 15) is 4.79 Å². The summed E-state index contributed by atoms with van der Waals surface area (Å²) in [4.78, 5) is 12.0. The molecule has 1 amide bonds. The van der Waals surface area contributed by atoms with Crippen LogP contribution in [-0.4, -0.2) is 41.6 Å². The predicted molar refractivity (Wildman–Crippen MR) is 85.7 cm³/mol. The molecule has 0 aliphatic rings. The lowest BCUT2D eigenvalue weighted by molar-refractivity contribution is -0.113. The second kappa shape index (κ2) is 6.91. The van der Waals surface area contributed by atoms with E-state index in [1.165, 1.54) is 11.8 Å². The summed E-state index contributed by atoms with van der Waals surface area (Å²) < 4.78 is 3.52. The number of hydrogen-bond acceptors (Lipinski definition) is 6. The van der Waals surface area contributed by atoms with Crippen LogP contribution < -0.4 is 5.32 Å². The van der Waals surface area contributed by atoms with E-state index in [1.807, 2.05) is 34.7 Å². The molecule has 8 nitrogen and oxygen atoms in total. The number of aromatic nitrogens is 6. The summed E-state index contributed by atoms with van der Waals surface area (Å²) in [5.41, 5.74) is 2.56. The molecule has 0 fully saturated rings. The lowest BCUT2D eigenvalue weighted by atomic mass is 10.3. The molecular weight excluding hydrogens is 302 g/mol. The molecule has 0 aliphatic carbocycles. The molecule has 1 N–H and O–H groups in total. The van der Waals surface area contributed by atoms with Gasteiger partial charge in [-0.25, -0.2) is 4.68 Å². The smallest absolute Gasteiger partial charge is 0.234 e. The third-order valence-corrected chi connectivity index (χ3v) is 4.22. The zero-order valence-electron chi connectivity index (χ0n) is 13.5. The topological polar surface area (TPSA) is 90.5 Å². The van der Waals surface area contributed by atoms with E-state index in [2.05, 4.69) is 25.9 Å². The number of aryl methyl sites for hydroxylation is 2. The second-order valence-electron chi connectivity index (χ2n) is 5.34. The molecule has 0 radical (unpaired) electrons. The molecule has 2 aromatic rings. The summed E-state index contributed by atoms with van der Waals surface area (Å²) in [6, 6.07) is 0.208. The van der Waals surface area contributed by atoms with Crippen LogP contribution in [0.25, 0.3) is 0 Å². The SMILES string of the molecule is Cc1nn(C)c(C)c1NC(=O)CSCc1nnnn1C(C)C. The zero-order chi connectivity index (χ0) is 16.3. The van der Waals surface area contributed by atoms with Crippen LogP contribution in [0.5, 0.6) is 0 Å². The lowest BCUT2D eigenvalue weighted by Gasteiger charge is -2.08. The second-order valence-corrected chi connectivity index (χ2v) is 6.33. The fourth-order valence-electron chi connectivity index (χ4n) is 2.07. The molecule has 0 atom stereocenters. The number of nitrogens with zero attached hydrogens (tertiary/aromatic N) is 6. The summed E-state index contributed by atoms with van der Waals surface area (Å²) in [5, 5.41) is 18.8. The first-order valence-electron chi connectivity index (χ1n) is 7.04. The van der Waals surface area contributed by atoms with Crippen molar-refractivity contribution in [3.8, 4) is 0 Å². The van der Waals surface area contributed by atoms with Crippen molar-refractivity contribution in [3.63, 3.8) is 0 Å². The number of thioether (sulfide) groups is 1. The zero-order valence-corrected chi connectivity index (χ0v) is 14.3. The number of carbonyl (C=O) groups excluding carboxylic acids is 1. The van der Waals surface area contributed by atoms with Crippen LogP contribution in [0.1, 0.15) is 37.1 Å². The first-order valence-corrected chi connectivity index (χ1v) is 8.20. The van der Waals surface area contributed by atoms with Gasteiger partial charge in [-0.2, -0.15) is 5.10 Å². The molecule has 120 valence electrons. The van der Waals surface area contributed by atoms with Gasteiger partial charge in [0.05, 0.1) is 34.6 Å². The maximum absolute atomic E-state index is 12.0. The minimum Gasteiger partial charge on any atom is -0.322 e. The Bertz CT molecular complexity index is 661. The molecular formula is C13H21N7OS. The molecule has 2 heterocycles. The maximum Gasteiger partial charge on any atom is 0.234 e. The Hall–Kier alpha value is -1.90. The molecule has 2 aromatic heterocycles. The number of anilines is 1. The van der Waals surface area contributed by atoms with E-state index in [4.69, 9.17) is 0 Å². The summed E-state index contributed by atoms with van der Waals surface area (Å²) in [6.07, 6.45) is 0. The van der Waals surface area contributed by atoms with Gasteiger partial charge >= 0.3 is 0 Å². The number of amides is 1. The summed E-state index contributed by atoms with van der Waals surface area (Å²) >= 11 is 1.49. The molecule has 22 heavy (non-hydrogen) atoms. The van der Waals surface area contributed by atoms with Crippen LogP contribution in [0.3, 0.4) is 0 Å². The minimum absolute atomic E-state index is 0.0484. The fourth-order valence-corrected chi connectivity index (χ4v) is 2.81. The highest BCUT2D eigenvalue weighted by atomic mass is 32.2. The Kier molecular flexibility index (Phi) is 5.17. The molecule has 0 spiro atoms. The van der Waals surface area contributed by atoms with Gasteiger partial charge in [0.2, 0.25) is 5.91 Å². The first-order chi connectivity index (χ1) is 10.4. The van der Waals surface area contributed by atoms with Gasteiger partial charge < -0.3 is 5.32 Å². The standard InChI is InChI=1S/C13H21N7OS/c1-8(2)20-11(15-17-18-20)6-22-7-12(21)14-13-9(3)16-19(5)10(13)4/h8H,6-7H2,1-5H3,(H,14,21). The molecule has 0 unspecified atom stereocenters. The summed E-state index contributed by atoms with van der Waals surface area (Å²) in [5.74, 6) is 1.68. The van der Waals surface area contributed by atoms with E-state index in [0.717, 1.165) is 22.9 Å². The van der Waals surface area contributed by atoms with Crippen molar-refractivity contribution in [2.24, 2.45) is 7.05 Å². The summed E-state index contributed by atoms with van der Waals surface area (Å²) in [6.45, 7) is 7.85. The quantitative estimate of drug-likeness (QED) is 0.866. The number of rotatable bonds is 6. The van der Waals surface area contributed by atoms with Crippen LogP contribution in [0.4, 0.5) is 5.69 Å². The Morgan fingerprint density at radius 3 is 2.68 bits per heavy atom. The molecule has 0 aliphatic heterocycles. The van der Waals surface area contributed by atoms with Gasteiger partial charge in [0, 0.05) is 7.05 Å². The number of hydrogen-bond donors (Lipinski definition) is 1. The van der Waals surface area contributed by atoms with Crippen molar-refractivity contribution in [1.29, 1.82) is 0 Å². The van der Waals surface area contributed by atoms with Crippen LogP contribution in [-0.2, 0) is 17.6 Å². The predicted octanol–water partition coefficient (Wildman–Crippen LogP) is 1.48. The van der Waals surface area contributed by atoms with Gasteiger partial charge in [0.15, 0.2) is 5.82 Å². The molecule has 0 aromatic carbocycles. The van der Waals surface area contributed by atoms with Crippen molar-refractivity contribution in [2.75, 3.05) is 11.1 Å². The van der Waals surface area contributed by atoms with E-state index in [-0.39, 0.29) is 11.9 Å². The van der Waals surface area contributed by atoms with Crippen molar-refractivity contribution >= 4 is 23.4 Å². The molecule has 0 saturated carbocycles. The minimum atomic E-state index is -0.0484. The fraction of sp³-hybridized carbons (Fsp3) is 0.615. The Balaban J connectivity index is 1.87.